The predicted octanol–water partition coefficient (Wildman–Crippen LogP) is 12.2. The van der Waals surface area contributed by atoms with Gasteiger partial charge in [0.1, 0.15) is 5.75 Å². The van der Waals surface area contributed by atoms with Gasteiger partial charge >= 0.3 is 0 Å². The first kappa shape index (κ1) is 32.2. The van der Waals surface area contributed by atoms with Crippen LogP contribution in [-0.4, -0.2) is 6.61 Å². The molecule has 3 rings (SSSR count). The maximum Gasteiger partial charge on any atom is 0.119 e. The van der Waals surface area contributed by atoms with Crippen molar-refractivity contribution in [1.29, 1.82) is 0 Å². The molecule has 0 unspecified atom stereocenters. The van der Waals surface area contributed by atoms with Crippen LogP contribution in [0.3, 0.4) is 0 Å². The molecule has 0 heterocycles. The average molecular weight is 549 g/mol. The van der Waals surface area contributed by atoms with Gasteiger partial charge in [0.15, 0.2) is 0 Å². The van der Waals surface area contributed by atoms with E-state index in [1.54, 1.807) is 0 Å². The van der Waals surface area contributed by atoms with Crippen molar-refractivity contribution in [2.45, 2.75) is 96.8 Å². The van der Waals surface area contributed by atoms with Crippen LogP contribution in [0.25, 0.3) is 24.3 Å². The smallest absolute Gasteiger partial charge is 0.119 e. The Morgan fingerprint density at radius 2 is 0.951 bits per heavy atom. The van der Waals surface area contributed by atoms with Crippen molar-refractivity contribution < 1.29 is 4.74 Å². The number of allylic oxidation sites excluding steroid dienone is 1. The molecule has 3 aromatic rings. The zero-order chi connectivity index (χ0) is 28.8. The third-order valence-corrected chi connectivity index (χ3v) is 7.62. The molecule has 0 saturated carbocycles. The number of aryl methyl sites for hydroxylation is 1. The van der Waals surface area contributed by atoms with E-state index in [2.05, 4.69) is 111 Å². The first-order valence-electron chi connectivity index (χ1n) is 16.2. The number of ether oxygens (including phenoxy) is 1. The second-order valence-electron chi connectivity index (χ2n) is 11.2. The molecule has 0 amide bonds. The van der Waals surface area contributed by atoms with Gasteiger partial charge in [-0.3, -0.25) is 0 Å². The minimum absolute atomic E-state index is 0.810. The van der Waals surface area contributed by atoms with Crippen LogP contribution in [-0.2, 0) is 6.42 Å². The van der Waals surface area contributed by atoms with Gasteiger partial charge in [-0.1, -0.05) is 156 Å². The van der Waals surface area contributed by atoms with Gasteiger partial charge in [-0.15, -0.1) is 6.58 Å². The minimum Gasteiger partial charge on any atom is -0.494 e. The lowest BCUT2D eigenvalue weighted by molar-refractivity contribution is 0.304. The summed E-state index contributed by atoms with van der Waals surface area (Å²) in [6, 6.07) is 26.2. The van der Waals surface area contributed by atoms with E-state index in [9.17, 15) is 0 Å². The molecule has 41 heavy (non-hydrogen) atoms. The number of unbranched alkanes of at least 4 members (excludes halogenated alkanes) is 11. The van der Waals surface area contributed by atoms with Gasteiger partial charge in [0, 0.05) is 0 Å². The van der Waals surface area contributed by atoms with Crippen molar-refractivity contribution in [3.05, 3.63) is 113 Å². The van der Waals surface area contributed by atoms with Gasteiger partial charge in [-0.25, -0.2) is 0 Å². The molecule has 3 aromatic carbocycles. The third-order valence-electron chi connectivity index (χ3n) is 7.62. The van der Waals surface area contributed by atoms with E-state index in [4.69, 9.17) is 4.74 Å². The molecular weight excluding hydrogens is 496 g/mol. The summed E-state index contributed by atoms with van der Waals surface area (Å²) in [4.78, 5) is 0. The minimum atomic E-state index is 0.810. The molecular formula is C40H52O. The zero-order valence-corrected chi connectivity index (χ0v) is 25.5. The fourth-order valence-electron chi connectivity index (χ4n) is 4.97. The molecule has 0 aromatic heterocycles. The number of hydrogen-bond acceptors (Lipinski definition) is 1. The molecule has 0 atom stereocenters. The standard InChI is InChI=1S/C40H52O/c1-3-5-7-9-11-12-13-15-17-35-18-20-36(21-19-35)22-23-37-24-26-38(27-25-37)28-29-39-30-32-40(33-31-39)41-34-16-14-10-8-6-4-2/h3,18-33H,1,4-17,34H2,2H3/b23-22+,29-28+. The third kappa shape index (κ3) is 14.2. The lowest BCUT2D eigenvalue weighted by Crippen LogP contribution is -1.97. The van der Waals surface area contributed by atoms with Crippen LogP contribution in [0.4, 0.5) is 0 Å². The van der Waals surface area contributed by atoms with Crippen molar-refractivity contribution in [2.24, 2.45) is 0 Å². The molecule has 0 bridgehead atoms. The molecule has 0 aliphatic heterocycles. The Hall–Kier alpha value is -3.32. The Balaban J connectivity index is 1.35. The largest absolute Gasteiger partial charge is 0.494 e. The SMILES string of the molecule is C=CCCCCCCCCc1ccc(/C=C/c2ccc(/C=C/c3ccc(OCCCCCCCC)cc3)cc2)cc1. The molecule has 0 aliphatic rings. The summed E-state index contributed by atoms with van der Waals surface area (Å²) in [7, 11) is 0. The molecule has 1 nitrogen and oxygen atoms in total. The van der Waals surface area contributed by atoms with Crippen LogP contribution in [0, 0.1) is 0 Å². The predicted molar refractivity (Wildman–Crippen MR) is 182 cm³/mol. The Morgan fingerprint density at radius 1 is 0.512 bits per heavy atom. The molecule has 0 saturated heterocycles. The first-order valence-corrected chi connectivity index (χ1v) is 16.2. The highest BCUT2D eigenvalue weighted by Gasteiger charge is 1.97. The van der Waals surface area contributed by atoms with Crippen LogP contribution >= 0.6 is 0 Å². The van der Waals surface area contributed by atoms with Crippen molar-refractivity contribution in [3.63, 3.8) is 0 Å². The van der Waals surface area contributed by atoms with Gasteiger partial charge in [-0.2, -0.15) is 0 Å². The lowest BCUT2D eigenvalue weighted by Gasteiger charge is -2.06. The van der Waals surface area contributed by atoms with Crippen molar-refractivity contribution in [3.8, 4) is 5.75 Å². The summed E-state index contributed by atoms with van der Waals surface area (Å²) in [6.07, 6.45) is 28.8. The Kier molecular flexibility index (Phi) is 16.1. The van der Waals surface area contributed by atoms with Crippen LogP contribution in [0.15, 0.2) is 85.5 Å². The number of rotatable bonds is 21. The van der Waals surface area contributed by atoms with E-state index in [1.165, 1.54) is 105 Å². The van der Waals surface area contributed by atoms with E-state index < -0.39 is 0 Å². The fourth-order valence-corrected chi connectivity index (χ4v) is 4.97. The van der Waals surface area contributed by atoms with E-state index >= 15 is 0 Å². The number of hydrogen-bond donors (Lipinski definition) is 0. The molecule has 218 valence electrons. The quantitative estimate of drug-likeness (QED) is 0.0730. The first-order chi connectivity index (χ1) is 20.3. The highest BCUT2D eigenvalue weighted by molar-refractivity contribution is 5.73. The highest BCUT2D eigenvalue weighted by Crippen LogP contribution is 2.17. The van der Waals surface area contributed by atoms with Crippen LogP contribution < -0.4 is 4.74 Å². The molecule has 0 N–H and O–H groups in total. The van der Waals surface area contributed by atoms with Gasteiger partial charge in [0.05, 0.1) is 6.61 Å². The normalized spacial score (nSPS) is 11.4. The van der Waals surface area contributed by atoms with Crippen LogP contribution in [0.2, 0.25) is 0 Å². The van der Waals surface area contributed by atoms with Gasteiger partial charge in [0.25, 0.3) is 0 Å². The van der Waals surface area contributed by atoms with Crippen LogP contribution in [0.5, 0.6) is 5.75 Å². The second kappa shape index (κ2) is 20.5. The van der Waals surface area contributed by atoms with Gasteiger partial charge in [0.2, 0.25) is 0 Å². The second-order valence-corrected chi connectivity index (χ2v) is 11.2. The van der Waals surface area contributed by atoms with Gasteiger partial charge < -0.3 is 4.74 Å². The lowest BCUT2D eigenvalue weighted by atomic mass is 10.0. The number of benzene rings is 3. The summed E-state index contributed by atoms with van der Waals surface area (Å²) in [5, 5.41) is 0. The summed E-state index contributed by atoms with van der Waals surface area (Å²) in [5.41, 5.74) is 6.29. The molecule has 0 spiro atoms. The van der Waals surface area contributed by atoms with Crippen LogP contribution in [0.1, 0.15) is 118 Å². The zero-order valence-electron chi connectivity index (χ0n) is 25.5. The summed E-state index contributed by atoms with van der Waals surface area (Å²) in [6.45, 7) is 6.87. The Morgan fingerprint density at radius 3 is 1.49 bits per heavy atom. The fraction of sp³-hybridized carbons (Fsp3) is 0.400. The van der Waals surface area contributed by atoms with Gasteiger partial charge in [-0.05, 0) is 72.1 Å². The summed E-state index contributed by atoms with van der Waals surface area (Å²) >= 11 is 0. The maximum absolute atomic E-state index is 5.91. The summed E-state index contributed by atoms with van der Waals surface area (Å²) in [5.74, 6) is 0.961. The van der Waals surface area contributed by atoms with Crippen molar-refractivity contribution in [1.82, 2.24) is 0 Å². The maximum atomic E-state index is 5.91. The topological polar surface area (TPSA) is 9.23 Å². The van der Waals surface area contributed by atoms with E-state index in [0.717, 1.165) is 25.2 Å². The summed E-state index contributed by atoms with van der Waals surface area (Å²) < 4.78 is 5.91. The monoisotopic (exact) mass is 548 g/mol. The Labute approximate surface area is 251 Å². The van der Waals surface area contributed by atoms with E-state index in [0.29, 0.717) is 0 Å². The molecule has 0 fully saturated rings. The van der Waals surface area contributed by atoms with E-state index in [1.807, 2.05) is 6.08 Å². The van der Waals surface area contributed by atoms with Crippen molar-refractivity contribution >= 4 is 24.3 Å². The highest BCUT2D eigenvalue weighted by atomic mass is 16.5. The molecule has 0 aliphatic carbocycles. The Bertz CT molecular complexity index is 1130. The van der Waals surface area contributed by atoms with Crippen molar-refractivity contribution in [2.75, 3.05) is 6.61 Å². The molecule has 0 radical (unpaired) electrons. The molecule has 1 heteroatoms. The van der Waals surface area contributed by atoms with E-state index in [-0.39, 0.29) is 0 Å². The average Bonchev–Trinajstić information content (AvgIpc) is 3.01.